The second-order valence-corrected chi connectivity index (χ2v) is 9.44. The van der Waals surface area contributed by atoms with E-state index in [0.29, 0.717) is 23.3 Å². The zero-order valence-corrected chi connectivity index (χ0v) is 47.1. The van der Waals surface area contributed by atoms with E-state index in [-0.39, 0.29) is 123 Å². The van der Waals surface area contributed by atoms with Crippen molar-refractivity contribution in [2.45, 2.75) is 80.1 Å². The number of carbonyl (C=O) groups excluding carboxylic acids is 3. The maximum absolute atomic E-state index is 10.1. The normalized spacial score (nSPS) is 8.14. The van der Waals surface area contributed by atoms with Crippen molar-refractivity contribution in [1.29, 1.82) is 0 Å². The summed E-state index contributed by atoms with van der Waals surface area (Å²) in [5.41, 5.74) is 7.05. The quantitative estimate of drug-likeness (QED) is 0.0634. The van der Waals surface area contributed by atoms with E-state index in [1.807, 2.05) is 24.3 Å². The predicted molar refractivity (Wildman–Crippen MR) is 235 cm³/mol. The number of nitrogens with two attached hydrogens (primary N) is 1. The molecule has 6 N–H and O–H groups in total. The molecule has 3 rings (SSSR count). The molecule has 311 valence electrons. The van der Waals surface area contributed by atoms with E-state index in [0.717, 1.165) is 56.4 Å². The zero-order valence-electron chi connectivity index (χ0n) is 35.9. The van der Waals surface area contributed by atoms with Crippen molar-refractivity contribution in [3.63, 3.8) is 0 Å². The molecule has 0 aromatic heterocycles. The van der Waals surface area contributed by atoms with Gasteiger partial charge in [-0.3, -0.25) is 27.4 Å². The molecule has 0 saturated heterocycles. The molecule has 56 heavy (non-hydrogen) atoms. The summed E-state index contributed by atoms with van der Waals surface area (Å²) in [5, 5.41) is 35.2. The van der Waals surface area contributed by atoms with E-state index < -0.39 is 0 Å². The number of aliphatic imine (C=N–C) groups is 2. The summed E-state index contributed by atoms with van der Waals surface area (Å²) >= 11 is 2.50. The van der Waals surface area contributed by atoms with Gasteiger partial charge in [0.2, 0.25) is 0 Å². The summed E-state index contributed by atoms with van der Waals surface area (Å²) < 4.78 is 0. The van der Waals surface area contributed by atoms with Crippen LogP contribution in [0.15, 0.2) is 82.8 Å². The number of aromatic hydroxyl groups is 3. The van der Waals surface area contributed by atoms with Crippen LogP contribution in [0.5, 0.6) is 17.2 Å². The van der Waals surface area contributed by atoms with Gasteiger partial charge in [0, 0.05) is 70.2 Å². The van der Waals surface area contributed by atoms with Crippen LogP contribution in [0.2, 0.25) is 0 Å². The Morgan fingerprint density at radius 3 is 1.12 bits per heavy atom. The fraction of sp³-hybridized carbons (Fsp3) is 0.410. The number of rotatable bonds is 11. The van der Waals surface area contributed by atoms with Crippen LogP contribution < -0.4 is 57.1 Å². The van der Waals surface area contributed by atoms with E-state index in [1.165, 1.54) is 108 Å². The molecule has 0 aliphatic heterocycles. The molecule has 17 heteroatoms. The second kappa shape index (κ2) is 74.2. The Kier molecular flexibility index (Phi) is 108. The Bertz CT molecular complexity index is 1210. The molecule has 0 heterocycles. The fourth-order valence-corrected chi connectivity index (χ4v) is 2.81. The maximum atomic E-state index is 10.1. The van der Waals surface area contributed by atoms with Crippen LogP contribution in [-0.2, 0) is 43.7 Å². The average Bonchev–Trinajstić information content (AvgIpc) is 3.13. The molecule has 0 aliphatic rings. The Morgan fingerprint density at radius 2 is 0.946 bits per heavy atom. The molecule has 0 spiro atoms. The molecule has 3 aromatic carbocycles. The van der Waals surface area contributed by atoms with Gasteiger partial charge in [-0.25, -0.2) is 0 Å². The summed E-state index contributed by atoms with van der Waals surface area (Å²) in [7, 11) is 0. The van der Waals surface area contributed by atoms with Gasteiger partial charge in [-0.15, -0.1) is 0 Å². The van der Waals surface area contributed by atoms with Crippen LogP contribution in [0.4, 0.5) is 0 Å². The van der Waals surface area contributed by atoms with Crippen molar-refractivity contribution in [2.75, 3.05) is 26.2 Å². The molecular formula is C39H64BCu2K3N3O7S. The van der Waals surface area contributed by atoms with E-state index >= 15 is 0 Å². The number of aldehydes is 1. The van der Waals surface area contributed by atoms with E-state index in [1.54, 1.807) is 61.8 Å². The van der Waals surface area contributed by atoms with Gasteiger partial charge in [-0.05, 0) is 69.1 Å². The first-order valence-electron chi connectivity index (χ1n) is 17.4. The van der Waals surface area contributed by atoms with Crippen LogP contribution in [-0.4, -0.2) is 150 Å². The topological polar surface area (TPSA) is 183 Å². The molecule has 10 nitrogen and oxygen atoms in total. The number of phenols is 3. The van der Waals surface area contributed by atoms with Gasteiger partial charge >= 0.3 is 132 Å². The number of unbranched alkanes of at least 4 members (excludes halogenated alkanes) is 3. The Morgan fingerprint density at radius 1 is 0.696 bits per heavy atom. The number of para-hydroxylation sites is 3. The van der Waals surface area contributed by atoms with Crippen molar-refractivity contribution in [1.82, 2.24) is 0 Å². The molecule has 0 atom stereocenters. The molecule has 3 aromatic rings. The molecule has 0 aliphatic carbocycles. The molecular weight excluding hydrogens is 910 g/mol. The number of nitrogens with zero attached hydrogens (tertiary/aromatic N) is 2. The van der Waals surface area contributed by atoms with Gasteiger partial charge in [0.1, 0.15) is 17.2 Å². The van der Waals surface area contributed by atoms with Crippen LogP contribution >= 0.6 is 13.5 Å². The van der Waals surface area contributed by atoms with Crippen LogP contribution in [0.1, 0.15) is 104 Å². The van der Waals surface area contributed by atoms with Gasteiger partial charge < -0.3 is 37.2 Å². The number of aliphatic hydroxyl groups excluding tert-OH is 1. The van der Waals surface area contributed by atoms with E-state index in [2.05, 4.69) is 30.8 Å². The van der Waals surface area contributed by atoms with Gasteiger partial charge in [0.15, 0.2) is 6.29 Å². The van der Waals surface area contributed by atoms with E-state index in [9.17, 15) is 15.0 Å². The summed E-state index contributed by atoms with van der Waals surface area (Å²) in [6, 6.07) is 20.8. The minimum absolute atomic E-state index is 0. The number of aliphatic hydroxyl groups is 1. The third-order valence-electron chi connectivity index (χ3n) is 5.24. The number of carbonyl (C=O) groups is 1. The number of hydrogen-bond donors (Lipinski definition) is 5. The first-order valence-corrected chi connectivity index (χ1v) is 33.4. The summed E-state index contributed by atoms with van der Waals surface area (Å²) in [5.74, 6) is 0.623. The van der Waals surface area contributed by atoms with Gasteiger partial charge in [0.05, 0.1) is 5.56 Å². The molecule has 0 saturated carbocycles. The molecule has 0 unspecified atom stereocenters. The second-order valence-electron chi connectivity index (χ2n) is 9.44. The van der Waals surface area contributed by atoms with Crippen molar-refractivity contribution < 1.29 is 123 Å². The van der Waals surface area contributed by atoms with Gasteiger partial charge in [-0.2, -0.15) is 27.3 Å². The van der Waals surface area contributed by atoms with Crippen molar-refractivity contribution >= 4 is 116 Å². The third-order valence-corrected chi connectivity index (χ3v) is 5.24. The first kappa shape index (κ1) is 81.5. The number of hydrogen-bond acceptors (Lipinski definition) is 10. The predicted octanol–water partition coefficient (Wildman–Crippen LogP) is 3.73. The van der Waals surface area contributed by atoms with Crippen molar-refractivity contribution in [3.8, 4) is 17.2 Å². The van der Waals surface area contributed by atoms with Crippen LogP contribution in [0.3, 0.4) is 0 Å². The minimum atomic E-state index is 0. The average molecular weight is 975 g/mol. The van der Waals surface area contributed by atoms with Gasteiger partial charge in [0.25, 0.3) is 0 Å². The molecule has 0 amide bonds. The monoisotopic (exact) mass is 973 g/mol. The number of phenolic OH excluding ortho intramolecular Hbond substituents is 3. The Labute approximate surface area is 459 Å². The van der Waals surface area contributed by atoms with Crippen molar-refractivity contribution in [2.24, 2.45) is 15.7 Å². The van der Waals surface area contributed by atoms with Crippen LogP contribution in [0.25, 0.3) is 0 Å². The third kappa shape index (κ3) is 64.8. The standard InChI is InChI=1S/2C11H15NO.C7H6O2.C4H11N.C2H6O.2C2H3O.B.2Cu.3K.H2S.H2.H/c2*1-2-3-8-12-9-10-6-4-5-7-11(10)13;8-5-6-3-1-2-4-7(6)9;1-2-3-4-5;3*1-2-3;;;;;;;;;/h2*4-7,9,13H,2-3,8H2,1H3;1-5,9H;2-5H2,1H3;3H,2H2,1H3;2*1H3;;;;;;;1H2;1H;/q;;;;;2*-1;;;+2;;;+1;;;-1/i;;;;;;;;;;;;;;1+1;. The SMILES string of the molecule is CCCCN.CCCCN=Cc1ccccc1O.CCCCN=Cc1ccccc1O.CCO.C[C-]=O.C[C-]=O.O=Cc1ccccc1O.S.[2HH].[B].[Cu+2].[Cu].[H-].[K+].[K][K]. The van der Waals surface area contributed by atoms with Crippen LogP contribution in [0, 0.1) is 0 Å². The van der Waals surface area contributed by atoms with Crippen molar-refractivity contribution in [3.05, 3.63) is 89.5 Å². The first-order chi connectivity index (χ1) is 24.7. The van der Waals surface area contributed by atoms with Gasteiger partial charge in [-0.1, -0.05) is 76.4 Å². The summed E-state index contributed by atoms with van der Waals surface area (Å²) in [4.78, 5) is 35.8. The Balaban J connectivity index is -0.0000000443. The fourth-order valence-electron chi connectivity index (χ4n) is 2.81. The summed E-state index contributed by atoms with van der Waals surface area (Å²) in [6.07, 6.45) is 14.0. The molecule has 0 bridgehead atoms. The van der Waals surface area contributed by atoms with E-state index in [4.69, 9.17) is 25.5 Å². The Hall–Kier alpha value is 1.69. The molecule has 0 fully saturated rings. The zero-order chi connectivity index (χ0) is 40.0. The molecule has 5 radical (unpaired) electrons. The number of benzene rings is 3. The summed E-state index contributed by atoms with van der Waals surface area (Å²) in [6.45, 7) is 13.5.